The Balaban J connectivity index is 1.70. The average Bonchev–Trinajstić information content (AvgIpc) is 3.13. The number of amides is 1. The maximum Gasteiger partial charge on any atom is 0.290 e. The SMILES string of the molecule is COc1cccc(C2C(C(=O)c3ccccc3)=C(O)C(=O)N2CCCN2CCOCC2)c1OC. The third-order valence-corrected chi connectivity index (χ3v) is 6.29. The van der Waals surface area contributed by atoms with Crippen molar-refractivity contribution in [3.05, 3.63) is 71.0 Å². The Labute approximate surface area is 199 Å². The van der Waals surface area contributed by atoms with Gasteiger partial charge in [0.05, 0.1) is 39.0 Å². The van der Waals surface area contributed by atoms with Crippen molar-refractivity contribution in [2.24, 2.45) is 0 Å². The molecule has 8 heteroatoms. The third kappa shape index (κ3) is 4.64. The lowest BCUT2D eigenvalue weighted by Gasteiger charge is -2.30. The Morgan fingerprint density at radius 2 is 1.76 bits per heavy atom. The van der Waals surface area contributed by atoms with Crippen LogP contribution >= 0.6 is 0 Å². The Hall–Kier alpha value is -3.36. The Morgan fingerprint density at radius 3 is 2.44 bits per heavy atom. The predicted molar refractivity (Wildman–Crippen MR) is 126 cm³/mol. The molecule has 8 nitrogen and oxygen atoms in total. The summed E-state index contributed by atoms with van der Waals surface area (Å²) in [7, 11) is 3.05. The van der Waals surface area contributed by atoms with E-state index in [2.05, 4.69) is 4.90 Å². The first-order valence-corrected chi connectivity index (χ1v) is 11.4. The van der Waals surface area contributed by atoms with E-state index in [0.717, 1.165) is 19.6 Å². The number of carbonyl (C=O) groups is 2. The molecule has 1 unspecified atom stereocenters. The number of morpholine rings is 1. The normalized spacial score (nSPS) is 18.9. The van der Waals surface area contributed by atoms with Crippen molar-refractivity contribution in [2.75, 3.05) is 53.6 Å². The van der Waals surface area contributed by atoms with E-state index >= 15 is 0 Å². The molecule has 1 atom stereocenters. The van der Waals surface area contributed by atoms with Gasteiger partial charge in [0.2, 0.25) is 0 Å². The number of hydrogen-bond donors (Lipinski definition) is 1. The lowest BCUT2D eigenvalue weighted by atomic mass is 9.92. The van der Waals surface area contributed by atoms with E-state index in [1.54, 1.807) is 47.4 Å². The molecule has 1 amide bonds. The molecule has 1 saturated heterocycles. The zero-order valence-electron chi connectivity index (χ0n) is 19.5. The molecule has 2 aliphatic heterocycles. The summed E-state index contributed by atoms with van der Waals surface area (Å²) < 4.78 is 16.5. The topological polar surface area (TPSA) is 88.5 Å². The summed E-state index contributed by atoms with van der Waals surface area (Å²) in [5.41, 5.74) is 1.04. The molecule has 4 rings (SSSR count). The van der Waals surface area contributed by atoms with Gasteiger partial charge in [-0.25, -0.2) is 0 Å². The number of ketones is 1. The van der Waals surface area contributed by atoms with Gasteiger partial charge in [-0.3, -0.25) is 14.5 Å². The fourth-order valence-corrected chi connectivity index (χ4v) is 4.60. The zero-order chi connectivity index (χ0) is 24.1. The van der Waals surface area contributed by atoms with Crippen LogP contribution in [0.5, 0.6) is 11.5 Å². The van der Waals surface area contributed by atoms with Crippen LogP contribution < -0.4 is 9.47 Å². The van der Waals surface area contributed by atoms with Crippen molar-refractivity contribution >= 4 is 11.7 Å². The second-order valence-electron chi connectivity index (χ2n) is 8.25. The van der Waals surface area contributed by atoms with E-state index in [-0.39, 0.29) is 5.57 Å². The highest BCUT2D eigenvalue weighted by Crippen LogP contribution is 2.45. The van der Waals surface area contributed by atoms with Crippen LogP contribution in [-0.2, 0) is 9.53 Å². The van der Waals surface area contributed by atoms with Crippen molar-refractivity contribution in [3.63, 3.8) is 0 Å². The number of rotatable bonds is 9. The lowest BCUT2D eigenvalue weighted by Crippen LogP contribution is -2.39. The van der Waals surface area contributed by atoms with Gasteiger partial charge in [0.1, 0.15) is 0 Å². The zero-order valence-corrected chi connectivity index (χ0v) is 19.5. The highest BCUT2D eigenvalue weighted by molar-refractivity contribution is 6.16. The van der Waals surface area contributed by atoms with Gasteiger partial charge >= 0.3 is 0 Å². The van der Waals surface area contributed by atoms with Gasteiger partial charge < -0.3 is 24.2 Å². The number of carbonyl (C=O) groups excluding carboxylic acids is 2. The van der Waals surface area contributed by atoms with E-state index in [1.807, 2.05) is 6.07 Å². The molecule has 0 bridgehead atoms. The maximum absolute atomic E-state index is 13.5. The van der Waals surface area contributed by atoms with Gasteiger partial charge in [-0.05, 0) is 12.5 Å². The standard InChI is InChI=1S/C26H30N2O6/c1-32-20-11-6-10-19(25(20)33-2)22-21(23(29)18-8-4-3-5-9-18)24(30)26(31)28(22)13-7-12-27-14-16-34-17-15-27/h3-6,8-11,22,30H,7,12-17H2,1-2H3. The summed E-state index contributed by atoms with van der Waals surface area (Å²) in [4.78, 5) is 30.6. The summed E-state index contributed by atoms with van der Waals surface area (Å²) in [5.74, 6) is -0.559. The first-order chi connectivity index (χ1) is 16.6. The molecule has 0 aliphatic carbocycles. The summed E-state index contributed by atoms with van der Waals surface area (Å²) in [6.45, 7) is 4.26. The predicted octanol–water partition coefficient (Wildman–Crippen LogP) is 3.00. The van der Waals surface area contributed by atoms with Crippen LogP contribution in [0.4, 0.5) is 0 Å². The van der Waals surface area contributed by atoms with Gasteiger partial charge in [0.15, 0.2) is 23.0 Å². The van der Waals surface area contributed by atoms with E-state index in [9.17, 15) is 14.7 Å². The van der Waals surface area contributed by atoms with E-state index in [1.165, 1.54) is 14.2 Å². The van der Waals surface area contributed by atoms with E-state index in [4.69, 9.17) is 14.2 Å². The molecule has 0 aromatic heterocycles. The van der Waals surface area contributed by atoms with Crippen molar-refractivity contribution in [3.8, 4) is 11.5 Å². The molecule has 0 radical (unpaired) electrons. The minimum absolute atomic E-state index is 0.0501. The lowest BCUT2D eigenvalue weighted by molar-refractivity contribution is -0.129. The number of Topliss-reactive ketones (excluding diaryl/α,β-unsaturated/α-hetero) is 1. The van der Waals surface area contributed by atoms with Gasteiger partial charge in [-0.1, -0.05) is 42.5 Å². The molecule has 0 saturated carbocycles. The number of benzene rings is 2. The number of nitrogens with zero attached hydrogens (tertiary/aromatic N) is 2. The van der Waals surface area contributed by atoms with Gasteiger partial charge in [0.25, 0.3) is 5.91 Å². The maximum atomic E-state index is 13.5. The van der Waals surface area contributed by atoms with Crippen molar-refractivity contribution < 1.29 is 28.9 Å². The molecule has 1 fully saturated rings. The molecule has 0 spiro atoms. The molecule has 2 aliphatic rings. The molecule has 180 valence electrons. The summed E-state index contributed by atoms with van der Waals surface area (Å²) in [5, 5.41) is 10.9. The summed E-state index contributed by atoms with van der Waals surface area (Å²) in [6, 6.07) is 13.2. The molecule has 34 heavy (non-hydrogen) atoms. The smallest absolute Gasteiger partial charge is 0.290 e. The number of ether oxygens (including phenoxy) is 3. The fraction of sp³-hybridized carbons (Fsp3) is 0.385. The van der Waals surface area contributed by atoms with Crippen LogP contribution in [0.1, 0.15) is 28.4 Å². The molecule has 2 heterocycles. The van der Waals surface area contributed by atoms with Crippen molar-refractivity contribution in [1.82, 2.24) is 9.80 Å². The quantitative estimate of drug-likeness (QED) is 0.569. The van der Waals surface area contributed by atoms with Crippen LogP contribution in [0, 0.1) is 0 Å². The number of aliphatic hydroxyl groups is 1. The van der Waals surface area contributed by atoms with Gasteiger partial charge in [0, 0.05) is 37.3 Å². The minimum atomic E-state index is -0.796. The molecular weight excluding hydrogens is 436 g/mol. The van der Waals surface area contributed by atoms with E-state index < -0.39 is 23.5 Å². The van der Waals surface area contributed by atoms with Crippen LogP contribution in [0.25, 0.3) is 0 Å². The third-order valence-electron chi connectivity index (χ3n) is 6.29. The highest BCUT2D eigenvalue weighted by Gasteiger charge is 2.45. The highest BCUT2D eigenvalue weighted by atomic mass is 16.5. The Bertz CT molecular complexity index is 1060. The summed E-state index contributed by atoms with van der Waals surface area (Å²) >= 11 is 0. The number of hydrogen-bond acceptors (Lipinski definition) is 7. The average molecular weight is 467 g/mol. The Morgan fingerprint density at radius 1 is 1.03 bits per heavy atom. The molecule has 2 aromatic rings. The fourth-order valence-electron chi connectivity index (χ4n) is 4.60. The monoisotopic (exact) mass is 466 g/mol. The van der Waals surface area contributed by atoms with Crippen molar-refractivity contribution in [1.29, 1.82) is 0 Å². The van der Waals surface area contributed by atoms with Crippen LogP contribution in [0.2, 0.25) is 0 Å². The second kappa shape index (κ2) is 10.7. The van der Waals surface area contributed by atoms with Crippen LogP contribution in [-0.4, -0.2) is 80.2 Å². The number of methoxy groups -OCH3 is 2. The van der Waals surface area contributed by atoms with Crippen LogP contribution in [0.15, 0.2) is 59.9 Å². The van der Waals surface area contributed by atoms with E-state index in [0.29, 0.717) is 48.8 Å². The van der Waals surface area contributed by atoms with Gasteiger partial charge in [-0.2, -0.15) is 0 Å². The largest absolute Gasteiger partial charge is 0.503 e. The summed E-state index contributed by atoms with van der Waals surface area (Å²) in [6.07, 6.45) is 0.689. The number of para-hydroxylation sites is 1. The molecule has 1 N–H and O–H groups in total. The Kier molecular flexibility index (Phi) is 7.49. The van der Waals surface area contributed by atoms with Crippen LogP contribution in [0.3, 0.4) is 0 Å². The second-order valence-corrected chi connectivity index (χ2v) is 8.25. The van der Waals surface area contributed by atoms with Crippen molar-refractivity contribution in [2.45, 2.75) is 12.5 Å². The minimum Gasteiger partial charge on any atom is -0.503 e. The first-order valence-electron chi connectivity index (χ1n) is 11.4. The number of aliphatic hydroxyl groups excluding tert-OH is 1. The first kappa shape index (κ1) is 23.8. The molecular formula is C26H30N2O6. The molecule has 2 aromatic carbocycles. The van der Waals surface area contributed by atoms with Gasteiger partial charge in [-0.15, -0.1) is 0 Å².